The first-order valence-electron chi connectivity index (χ1n) is 10.3. The minimum Gasteiger partial charge on any atom is -0.437 e. The van der Waals surface area contributed by atoms with Gasteiger partial charge in [-0.05, 0) is 48.9 Å². The standard InChI is InChI=1S/C26H17N5O2/c27-16-17-5-3-7-19(15-17)23-26(29-14-13-28-23)33-20-8-4-6-18(11-12-20)24(32)25-30-21-9-1-2-10-22(21)31-25/h1-3,5-15H,4H2,(H,30,31). The predicted molar refractivity (Wildman–Crippen MR) is 123 cm³/mol. The Hall–Kier alpha value is -4.83. The van der Waals surface area contributed by atoms with Gasteiger partial charge in [-0.2, -0.15) is 5.26 Å². The summed E-state index contributed by atoms with van der Waals surface area (Å²) in [6.45, 7) is 0. The van der Waals surface area contributed by atoms with Crippen LogP contribution in [0.1, 0.15) is 22.6 Å². The molecule has 1 aliphatic carbocycles. The third kappa shape index (κ3) is 4.18. The monoisotopic (exact) mass is 431 g/mol. The van der Waals surface area contributed by atoms with E-state index in [1.54, 1.807) is 42.7 Å². The number of imidazole rings is 1. The lowest BCUT2D eigenvalue weighted by Gasteiger charge is -2.09. The van der Waals surface area contributed by atoms with Gasteiger partial charge in [-0.15, -0.1) is 0 Å². The Labute approximate surface area is 189 Å². The average Bonchev–Trinajstić information content (AvgIpc) is 3.17. The van der Waals surface area contributed by atoms with Gasteiger partial charge in [0.25, 0.3) is 0 Å². The van der Waals surface area contributed by atoms with E-state index in [0.29, 0.717) is 40.7 Å². The van der Waals surface area contributed by atoms with Gasteiger partial charge in [-0.25, -0.2) is 15.0 Å². The third-order valence-corrected chi connectivity index (χ3v) is 5.09. The molecule has 0 saturated carbocycles. The molecule has 1 aliphatic rings. The molecule has 5 rings (SSSR count). The Balaban J connectivity index is 1.37. The molecule has 0 atom stereocenters. The quantitative estimate of drug-likeness (QED) is 0.450. The number of H-pyrrole nitrogens is 1. The number of aromatic amines is 1. The van der Waals surface area contributed by atoms with Crippen LogP contribution in [-0.2, 0) is 0 Å². The lowest BCUT2D eigenvalue weighted by atomic mass is 10.1. The highest BCUT2D eigenvalue weighted by molar-refractivity contribution is 6.09. The Morgan fingerprint density at radius 1 is 1.03 bits per heavy atom. The van der Waals surface area contributed by atoms with Crippen molar-refractivity contribution in [2.45, 2.75) is 6.42 Å². The van der Waals surface area contributed by atoms with Crippen LogP contribution in [0.2, 0.25) is 0 Å². The topological polar surface area (TPSA) is 105 Å². The second-order valence-corrected chi connectivity index (χ2v) is 7.27. The number of allylic oxidation sites excluding steroid dienone is 5. The Morgan fingerprint density at radius 2 is 1.91 bits per heavy atom. The van der Waals surface area contributed by atoms with Gasteiger partial charge in [0.15, 0.2) is 5.82 Å². The normalized spacial score (nSPS) is 13.1. The van der Waals surface area contributed by atoms with E-state index < -0.39 is 0 Å². The first-order valence-corrected chi connectivity index (χ1v) is 10.3. The van der Waals surface area contributed by atoms with Crippen LogP contribution in [0.15, 0.2) is 96.6 Å². The minimum atomic E-state index is -0.189. The highest BCUT2D eigenvalue weighted by atomic mass is 16.5. The van der Waals surface area contributed by atoms with Crippen LogP contribution < -0.4 is 4.74 Å². The van der Waals surface area contributed by atoms with Gasteiger partial charge in [-0.1, -0.05) is 30.3 Å². The molecule has 0 saturated heterocycles. The number of nitrogens with one attached hydrogen (secondary N) is 1. The molecule has 1 N–H and O–H groups in total. The van der Waals surface area contributed by atoms with E-state index in [2.05, 4.69) is 26.0 Å². The lowest BCUT2D eigenvalue weighted by molar-refractivity contribution is 0.102. The molecule has 2 aromatic carbocycles. The van der Waals surface area contributed by atoms with Crippen molar-refractivity contribution in [2.24, 2.45) is 0 Å². The second-order valence-electron chi connectivity index (χ2n) is 7.27. The van der Waals surface area contributed by atoms with E-state index in [-0.39, 0.29) is 5.78 Å². The second kappa shape index (κ2) is 8.73. The fourth-order valence-electron chi connectivity index (χ4n) is 3.50. The summed E-state index contributed by atoms with van der Waals surface area (Å²) in [6, 6.07) is 16.7. The number of carbonyl (C=O) groups is 1. The summed E-state index contributed by atoms with van der Waals surface area (Å²) >= 11 is 0. The summed E-state index contributed by atoms with van der Waals surface area (Å²) in [7, 11) is 0. The van der Waals surface area contributed by atoms with Crippen molar-refractivity contribution in [1.82, 2.24) is 19.9 Å². The molecule has 2 aromatic heterocycles. The number of benzene rings is 2. The fourth-order valence-corrected chi connectivity index (χ4v) is 3.50. The van der Waals surface area contributed by atoms with Crippen LogP contribution in [0.4, 0.5) is 0 Å². The van der Waals surface area contributed by atoms with Crippen LogP contribution in [0, 0.1) is 11.3 Å². The molecule has 0 radical (unpaired) electrons. The molecule has 33 heavy (non-hydrogen) atoms. The number of ketones is 1. The number of rotatable bonds is 5. The zero-order valence-electron chi connectivity index (χ0n) is 17.4. The molecule has 0 fully saturated rings. The van der Waals surface area contributed by atoms with E-state index in [1.165, 1.54) is 0 Å². The van der Waals surface area contributed by atoms with Crippen molar-refractivity contribution in [3.05, 3.63) is 108 Å². The molecule has 0 amide bonds. The van der Waals surface area contributed by atoms with E-state index in [1.807, 2.05) is 42.5 Å². The summed E-state index contributed by atoms with van der Waals surface area (Å²) < 4.78 is 6.03. The highest BCUT2D eigenvalue weighted by Gasteiger charge is 2.17. The number of carbonyl (C=O) groups excluding carboxylic acids is 1. The van der Waals surface area contributed by atoms with E-state index in [9.17, 15) is 10.1 Å². The van der Waals surface area contributed by atoms with E-state index in [4.69, 9.17) is 4.74 Å². The predicted octanol–water partition coefficient (Wildman–Crippen LogP) is 4.92. The maximum atomic E-state index is 13.0. The number of nitrogens with zero attached hydrogens (tertiary/aromatic N) is 4. The van der Waals surface area contributed by atoms with Gasteiger partial charge in [-0.3, -0.25) is 4.79 Å². The maximum Gasteiger partial charge on any atom is 0.246 e. The number of nitriles is 1. The van der Waals surface area contributed by atoms with Crippen LogP contribution >= 0.6 is 0 Å². The van der Waals surface area contributed by atoms with Crippen molar-refractivity contribution < 1.29 is 9.53 Å². The smallest absolute Gasteiger partial charge is 0.246 e. The number of Topliss-reactive ketones (excluding diaryl/α,β-unsaturated/α-hetero) is 1. The summed E-state index contributed by atoms with van der Waals surface area (Å²) in [5, 5.41) is 9.19. The molecule has 158 valence electrons. The van der Waals surface area contributed by atoms with Crippen LogP contribution in [0.3, 0.4) is 0 Å². The number of hydrogen-bond donors (Lipinski definition) is 1. The Kier molecular flexibility index (Phi) is 5.32. The molecular weight excluding hydrogens is 414 g/mol. The van der Waals surface area contributed by atoms with Crippen molar-refractivity contribution in [3.63, 3.8) is 0 Å². The molecule has 0 unspecified atom stereocenters. The third-order valence-electron chi connectivity index (χ3n) is 5.09. The van der Waals surface area contributed by atoms with Gasteiger partial charge in [0.05, 0.1) is 22.7 Å². The van der Waals surface area contributed by atoms with Gasteiger partial charge < -0.3 is 9.72 Å². The van der Waals surface area contributed by atoms with E-state index >= 15 is 0 Å². The molecule has 2 heterocycles. The van der Waals surface area contributed by atoms with E-state index in [0.717, 1.165) is 16.6 Å². The van der Waals surface area contributed by atoms with Gasteiger partial charge in [0.2, 0.25) is 11.7 Å². The van der Waals surface area contributed by atoms with Gasteiger partial charge in [0, 0.05) is 23.5 Å². The maximum absolute atomic E-state index is 13.0. The molecule has 0 aliphatic heterocycles. The molecule has 7 heteroatoms. The minimum absolute atomic E-state index is 0.189. The van der Waals surface area contributed by atoms with Gasteiger partial charge >= 0.3 is 0 Å². The van der Waals surface area contributed by atoms with Crippen molar-refractivity contribution in [3.8, 4) is 23.2 Å². The number of hydrogen-bond acceptors (Lipinski definition) is 6. The molecule has 0 bridgehead atoms. The Morgan fingerprint density at radius 3 is 2.79 bits per heavy atom. The van der Waals surface area contributed by atoms with Crippen molar-refractivity contribution in [2.75, 3.05) is 0 Å². The fraction of sp³-hybridized carbons (Fsp3) is 0.0385. The summed E-state index contributed by atoms with van der Waals surface area (Å²) in [5.41, 5.74) is 3.86. The molecule has 0 spiro atoms. The zero-order valence-corrected chi connectivity index (χ0v) is 17.4. The van der Waals surface area contributed by atoms with Crippen molar-refractivity contribution in [1.29, 1.82) is 5.26 Å². The zero-order chi connectivity index (χ0) is 22.6. The number of para-hydroxylation sites is 2. The SMILES string of the molecule is N#Cc1cccc(-c2nccnc2OC2=CCC=C(C(=O)c3nc4ccccc4[nH]3)C=C2)c1. The van der Waals surface area contributed by atoms with Crippen LogP contribution in [0.25, 0.3) is 22.3 Å². The average molecular weight is 431 g/mol. The van der Waals surface area contributed by atoms with Crippen molar-refractivity contribution >= 4 is 16.8 Å². The van der Waals surface area contributed by atoms with Gasteiger partial charge in [0.1, 0.15) is 11.5 Å². The van der Waals surface area contributed by atoms with Crippen LogP contribution in [-0.4, -0.2) is 25.7 Å². The number of ether oxygens (including phenoxy) is 1. The number of aromatic nitrogens is 4. The highest BCUT2D eigenvalue weighted by Crippen LogP contribution is 2.28. The Bertz CT molecular complexity index is 1470. The summed E-state index contributed by atoms with van der Waals surface area (Å²) in [5.74, 6) is 0.961. The van der Waals surface area contributed by atoms with Crippen LogP contribution in [0.5, 0.6) is 5.88 Å². The lowest BCUT2D eigenvalue weighted by Crippen LogP contribution is -2.04. The summed E-state index contributed by atoms with van der Waals surface area (Å²) in [4.78, 5) is 29.1. The summed E-state index contributed by atoms with van der Waals surface area (Å²) in [6.07, 6.45) is 10.7. The first kappa shape index (κ1) is 20.1. The molecule has 7 nitrogen and oxygen atoms in total. The largest absolute Gasteiger partial charge is 0.437 e. The molecule has 4 aromatic rings. The number of fused-ring (bicyclic) bond motifs is 1. The first-order chi connectivity index (χ1) is 16.2. The molecular formula is C26H17N5O2.